The molecule has 0 aliphatic rings. The van der Waals surface area contributed by atoms with Gasteiger partial charge in [0.15, 0.2) is 0 Å². The Morgan fingerprint density at radius 2 is 2.20 bits per heavy atom. The smallest absolute Gasteiger partial charge is 0.137 e. The lowest BCUT2D eigenvalue weighted by Gasteiger charge is -2.17. The van der Waals surface area contributed by atoms with Gasteiger partial charge in [0, 0.05) is 0 Å². The number of aldehydes is 1. The molecular formula is C7H15NOS. The third-order valence-electron chi connectivity index (χ3n) is 1.44. The average molecular weight is 161 g/mol. The van der Waals surface area contributed by atoms with E-state index in [2.05, 4.69) is 6.26 Å². The molecule has 0 unspecified atom stereocenters. The lowest BCUT2D eigenvalue weighted by molar-refractivity contribution is -0.111. The van der Waals surface area contributed by atoms with E-state index < -0.39 is 0 Å². The van der Waals surface area contributed by atoms with Crippen LogP contribution in [-0.4, -0.2) is 43.3 Å². The van der Waals surface area contributed by atoms with E-state index in [1.165, 1.54) is 0 Å². The molecule has 0 heterocycles. The minimum Gasteiger partial charge on any atom is -0.302 e. The van der Waals surface area contributed by atoms with Crippen LogP contribution in [0.2, 0.25) is 0 Å². The van der Waals surface area contributed by atoms with Gasteiger partial charge in [-0.15, -0.1) is 0 Å². The fourth-order valence-corrected chi connectivity index (χ4v) is 1.16. The molecule has 0 amide bonds. The molecule has 0 radical (unpaired) electrons. The number of thioether (sulfide) groups is 1. The van der Waals surface area contributed by atoms with Crippen molar-refractivity contribution in [3.05, 3.63) is 0 Å². The number of hydrogen-bond donors (Lipinski definition) is 0. The third-order valence-corrected chi connectivity index (χ3v) is 2.08. The van der Waals surface area contributed by atoms with Crippen LogP contribution in [0.1, 0.15) is 6.42 Å². The van der Waals surface area contributed by atoms with Gasteiger partial charge < -0.3 is 4.79 Å². The number of rotatable bonds is 5. The maximum atomic E-state index is 10.4. The van der Waals surface area contributed by atoms with Crippen LogP contribution in [-0.2, 0) is 4.79 Å². The van der Waals surface area contributed by atoms with Gasteiger partial charge in [-0.25, -0.2) is 0 Å². The molecule has 2 nitrogen and oxygen atoms in total. The highest BCUT2D eigenvalue weighted by atomic mass is 32.2. The SMILES string of the molecule is CSCC[C@@H](C=O)N(C)C. The first-order valence-electron chi connectivity index (χ1n) is 3.33. The Morgan fingerprint density at radius 3 is 2.50 bits per heavy atom. The molecule has 0 aliphatic heterocycles. The van der Waals surface area contributed by atoms with Crippen LogP contribution in [0.15, 0.2) is 0 Å². The van der Waals surface area contributed by atoms with E-state index >= 15 is 0 Å². The lowest BCUT2D eigenvalue weighted by atomic mass is 10.2. The van der Waals surface area contributed by atoms with Crippen molar-refractivity contribution in [2.45, 2.75) is 12.5 Å². The molecule has 0 spiro atoms. The van der Waals surface area contributed by atoms with E-state index in [-0.39, 0.29) is 6.04 Å². The summed E-state index contributed by atoms with van der Waals surface area (Å²) >= 11 is 1.78. The van der Waals surface area contributed by atoms with Gasteiger partial charge in [-0.3, -0.25) is 4.90 Å². The Hall–Kier alpha value is -0.0200. The molecule has 0 rings (SSSR count). The summed E-state index contributed by atoms with van der Waals surface area (Å²) < 4.78 is 0. The van der Waals surface area contributed by atoms with Crippen LogP contribution in [0.5, 0.6) is 0 Å². The van der Waals surface area contributed by atoms with E-state index in [4.69, 9.17) is 0 Å². The van der Waals surface area contributed by atoms with Crippen molar-refractivity contribution in [2.24, 2.45) is 0 Å². The molecule has 60 valence electrons. The van der Waals surface area contributed by atoms with Crippen LogP contribution in [0.25, 0.3) is 0 Å². The van der Waals surface area contributed by atoms with E-state index in [1.807, 2.05) is 19.0 Å². The number of nitrogens with zero attached hydrogens (tertiary/aromatic N) is 1. The van der Waals surface area contributed by atoms with E-state index in [1.54, 1.807) is 11.8 Å². The maximum absolute atomic E-state index is 10.4. The van der Waals surface area contributed by atoms with Gasteiger partial charge in [-0.05, 0) is 32.5 Å². The average Bonchev–Trinajstić information content (AvgIpc) is 1.89. The standard InChI is InChI=1S/C7H15NOS/c1-8(2)7(6-9)4-5-10-3/h6-7H,4-5H2,1-3H3/t7-/m0/s1. The van der Waals surface area contributed by atoms with Gasteiger partial charge in [0.25, 0.3) is 0 Å². The van der Waals surface area contributed by atoms with Crippen LogP contribution in [0.3, 0.4) is 0 Å². The van der Waals surface area contributed by atoms with Gasteiger partial charge in [0.2, 0.25) is 0 Å². The Labute approximate surface area is 67.0 Å². The number of likely N-dealkylation sites (N-methyl/N-ethyl adjacent to an activating group) is 1. The first-order chi connectivity index (χ1) is 4.72. The Bertz CT molecular complexity index is 95.6. The zero-order valence-electron chi connectivity index (χ0n) is 6.83. The van der Waals surface area contributed by atoms with Crippen molar-refractivity contribution in [3.63, 3.8) is 0 Å². The normalized spacial score (nSPS) is 13.6. The quantitative estimate of drug-likeness (QED) is 0.558. The molecule has 0 fully saturated rings. The summed E-state index contributed by atoms with van der Waals surface area (Å²) in [5, 5.41) is 0. The second kappa shape index (κ2) is 5.74. The first kappa shape index (κ1) is 9.98. The van der Waals surface area contributed by atoms with Gasteiger partial charge in [-0.1, -0.05) is 0 Å². The monoisotopic (exact) mass is 161 g/mol. The van der Waals surface area contributed by atoms with Crippen molar-refractivity contribution in [3.8, 4) is 0 Å². The highest BCUT2D eigenvalue weighted by Crippen LogP contribution is 2.02. The van der Waals surface area contributed by atoms with E-state index in [0.717, 1.165) is 18.5 Å². The highest BCUT2D eigenvalue weighted by molar-refractivity contribution is 7.98. The third kappa shape index (κ3) is 3.90. The second-order valence-corrected chi connectivity index (χ2v) is 3.43. The topological polar surface area (TPSA) is 20.3 Å². The maximum Gasteiger partial charge on any atom is 0.137 e. The summed E-state index contributed by atoms with van der Waals surface area (Å²) in [6, 6.07) is 0.104. The molecule has 0 N–H and O–H groups in total. The number of carbonyl (C=O) groups excluding carboxylic acids is 1. The molecule has 0 aromatic carbocycles. The number of carbonyl (C=O) groups is 1. The van der Waals surface area contributed by atoms with Gasteiger partial charge in [0.1, 0.15) is 6.29 Å². The fraction of sp³-hybridized carbons (Fsp3) is 0.857. The van der Waals surface area contributed by atoms with Gasteiger partial charge in [0.05, 0.1) is 6.04 Å². The Morgan fingerprint density at radius 1 is 1.60 bits per heavy atom. The molecule has 0 aromatic heterocycles. The molecule has 1 atom stereocenters. The Balaban J connectivity index is 3.50. The Kier molecular flexibility index (Phi) is 5.73. The second-order valence-electron chi connectivity index (χ2n) is 2.45. The molecule has 0 bridgehead atoms. The van der Waals surface area contributed by atoms with Crippen LogP contribution >= 0.6 is 11.8 Å². The summed E-state index contributed by atoms with van der Waals surface area (Å²) in [4.78, 5) is 12.3. The van der Waals surface area contributed by atoms with Crippen molar-refractivity contribution in [1.29, 1.82) is 0 Å². The molecule has 0 saturated heterocycles. The minimum atomic E-state index is 0.104. The minimum absolute atomic E-state index is 0.104. The zero-order chi connectivity index (χ0) is 7.98. The van der Waals surface area contributed by atoms with Crippen LogP contribution in [0, 0.1) is 0 Å². The van der Waals surface area contributed by atoms with Crippen molar-refractivity contribution in [2.75, 3.05) is 26.1 Å². The fourth-order valence-electron chi connectivity index (χ4n) is 0.687. The predicted molar refractivity (Wildman–Crippen MR) is 46.5 cm³/mol. The van der Waals surface area contributed by atoms with Crippen LogP contribution < -0.4 is 0 Å². The summed E-state index contributed by atoms with van der Waals surface area (Å²) in [5.74, 6) is 1.06. The molecular weight excluding hydrogens is 146 g/mol. The molecule has 0 aromatic rings. The van der Waals surface area contributed by atoms with E-state index in [9.17, 15) is 4.79 Å². The molecule has 0 aliphatic carbocycles. The zero-order valence-corrected chi connectivity index (χ0v) is 7.65. The molecule has 0 saturated carbocycles. The predicted octanol–water partition coefficient (Wildman–Crippen LogP) is 0.869. The van der Waals surface area contributed by atoms with Gasteiger partial charge >= 0.3 is 0 Å². The first-order valence-corrected chi connectivity index (χ1v) is 4.72. The highest BCUT2D eigenvalue weighted by Gasteiger charge is 2.07. The summed E-state index contributed by atoms with van der Waals surface area (Å²) in [6.07, 6.45) is 4.02. The largest absolute Gasteiger partial charge is 0.302 e. The summed E-state index contributed by atoms with van der Waals surface area (Å²) in [5.41, 5.74) is 0. The molecule has 10 heavy (non-hydrogen) atoms. The molecule has 3 heteroatoms. The summed E-state index contributed by atoms with van der Waals surface area (Å²) in [7, 11) is 3.86. The van der Waals surface area contributed by atoms with Gasteiger partial charge in [-0.2, -0.15) is 11.8 Å². The summed E-state index contributed by atoms with van der Waals surface area (Å²) in [6.45, 7) is 0. The van der Waals surface area contributed by atoms with Crippen molar-refractivity contribution >= 4 is 18.0 Å². The van der Waals surface area contributed by atoms with Crippen LogP contribution in [0.4, 0.5) is 0 Å². The van der Waals surface area contributed by atoms with Crippen molar-refractivity contribution < 1.29 is 4.79 Å². The number of hydrogen-bond acceptors (Lipinski definition) is 3. The lowest BCUT2D eigenvalue weighted by Crippen LogP contribution is -2.29. The van der Waals surface area contributed by atoms with E-state index in [0.29, 0.717) is 0 Å². The van der Waals surface area contributed by atoms with Crippen molar-refractivity contribution in [1.82, 2.24) is 4.90 Å².